The molecule has 1 fully saturated rings. The van der Waals surface area contributed by atoms with E-state index in [2.05, 4.69) is 55.4 Å². The summed E-state index contributed by atoms with van der Waals surface area (Å²) < 4.78 is 43.4. The summed E-state index contributed by atoms with van der Waals surface area (Å²) in [4.78, 5) is 3.60. The third-order valence-corrected chi connectivity index (χ3v) is 5.34. The average molecular weight is 395 g/mol. The van der Waals surface area contributed by atoms with Gasteiger partial charge in [0.15, 0.2) is 5.69 Å². The van der Waals surface area contributed by atoms with E-state index < -0.39 is 17.5 Å². The van der Waals surface area contributed by atoms with Crippen LogP contribution in [0.1, 0.15) is 60.9 Å². The Labute approximate surface area is 163 Å². The lowest BCUT2D eigenvalue weighted by atomic mass is 9.95. The van der Waals surface area contributed by atoms with Crippen molar-refractivity contribution in [3.63, 3.8) is 0 Å². The number of rotatable bonds is 8. The zero-order valence-corrected chi connectivity index (χ0v) is 16.8. The lowest BCUT2D eigenvalue weighted by Gasteiger charge is -2.38. The van der Waals surface area contributed by atoms with Gasteiger partial charge in [0.25, 0.3) is 0 Å². The van der Waals surface area contributed by atoms with E-state index in [1.807, 2.05) is 0 Å². The van der Waals surface area contributed by atoms with Gasteiger partial charge in [0, 0.05) is 5.69 Å². The molecule has 0 saturated heterocycles. The summed E-state index contributed by atoms with van der Waals surface area (Å²) in [6, 6.07) is 4.28. The van der Waals surface area contributed by atoms with E-state index in [4.69, 9.17) is 4.42 Å². The number of hydrogen-bond donors (Lipinski definition) is 2. The SMILES string of the molecule is CCCC(NCc1nc(C(F)(F)F)co1)(Nc1c(C)cc(C)cc1C)C1CC1. The highest BCUT2D eigenvalue weighted by molar-refractivity contribution is 5.59. The van der Waals surface area contributed by atoms with E-state index in [9.17, 15) is 13.2 Å². The number of nitrogens with zero attached hydrogens (tertiary/aromatic N) is 1. The summed E-state index contributed by atoms with van der Waals surface area (Å²) in [6.07, 6.45) is 0.161. The number of hydrogen-bond acceptors (Lipinski definition) is 4. The number of benzene rings is 1. The van der Waals surface area contributed by atoms with Gasteiger partial charge < -0.3 is 9.73 Å². The van der Waals surface area contributed by atoms with Gasteiger partial charge in [-0.3, -0.25) is 5.32 Å². The van der Waals surface area contributed by atoms with E-state index in [0.717, 1.165) is 42.5 Å². The topological polar surface area (TPSA) is 50.1 Å². The van der Waals surface area contributed by atoms with Gasteiger partial charge in [-0.2, -0.15) is 13.2 Å². The molecule has 0 amide bonds. The third kappa shape index (κ3) is 4.51. The number of aromatic nitrogens is 1. The number of aryl methyl sites for hydroxylation is 3. The maximum atomic E-state index is 12.8. The van der Waals surface area contributed by atoms with Gasteiger partial charge in [0.05, 0.1) is 12.2 Å². The Hall–Kier alpha value is -2.02. The Morgan fingerprint density at radius 2 is 1.79 bits per heavy atom. The highest BCUT2D eigenvalue weighted by atomic mass is 19.4. The highest BCUT2D eigenvalue weighted by Crippen LogP contribution is 2.43. The predicted octanol–water partition coefficient (Wildman–Crippen LogP) is 5.73. The van der Waals surface area contributed by atoms with Gasteiger partial charge in [0.2, 0.25) is 5.89 Å². The minimum Gasteiger partial charge on any atom is -0.447 e. The van der Waals surface area contributed by atoms with Crippen LogP contribution in [0.3, 0.4) is 0 Å². The normalized spacial score (nSPS) is 16.8. The quantitative estimate of drug-likeness (QED) is 0.561. The van der Waals surface area contributed by atoms with E-state index in [0.29, 0.717) is 12.2 Å². The zero-order valence-electron chi connectivity index (χ0n) is 16.8. The molecule has 7 heteroatoms. The minimum absolute atomic E-state index is 0.0487. The van der Waals surface area contributed by atoms with Crippen LogP contribution >= 0.6 is 0 Å². The summed E-state index contributed by atoms with van der Waals surface area (Å²) >= 11 is 0. The van der Waals surface area contributed by atoms with Crippen LogP contribution in [0.2, 0.25) is 0 Å². The van der Waals surface area contributed by atoms with Crippen LogP contribution in [0.25, 0.3) is 0 Å². The van der Waals surface area contributed by atoms with Crippen molar-refractivity contribution in [1.82, 2.24) is 10.3 Å². The predicted molar refractivity (Wildman–Crippen MR) is 103 cm³/mol. The number of anilines is 1. The molecule has 0 aliphatic heterocycles. The summed E-state index contributed by atoms with van der Waals surface area (Å²) in [5.41, 5.74) is 3.23. The van der Waals surface area contributed by atoms with Crippen LogP contribution in [-0.4, -0.2) is 10.6 Å². The molecule has 1 heterocycles. The second-order valence-corrected chi connectivity index (χ2v) is 7.87. The molecule has 1 saturated carbocycles. The van der Waals surface area contributed by atoms with Crippen molar-refractivity contribution in [3.8, 4) is 0 Å². The largest absolute Gasteiger partial charge is 0.447 e. The Bertz CT molecular complexity index is 804. The fourth-order valence-electron chi connectivity index (χ4n) is 3.97. The molecule has 2 aromatic rings. The summed E-state index contributed by atoms with van der Waals surface area (Å²) in [5.74, 6) is 0.470. The van der Waals surface area contributed by atoms with Gasteiger partial charge in [-0.05, 0) is 57.1 Å². The van der Waals surface area contributed by atoms with Crippen molar-refractivity contribution in [3.05, 3.63) is 46.7 Å². The van der Waals surface area contributed by atoms with Crippen molar-refractivity contribution in [2.24, 2.45) is 5.92 Å². The number of halogens is 3. The molecular weight excluding hydrogens is 367 g/mol. The smallest absolute Gasteiger partial charge is 0.436 e. The third-order valence-electron chi connectivity index (χ3n) is 5.34. The Balaban J connectivity index is 1.84. The number of nitrogens with one attached hydrogen (secondary N) is 2. The minimum atomic E-state index is -4.49. The zero-order chi connectivity index (χ0) is 20.5. The highest BCUT2D eigenvalue weighted by Gasteiger charge is 2.45. The summed E-state index contributed by atoms with van der Waals surface area (Å²) in [7, 11) is 0. The number of oxazole rings is 1. The first-order chi connectivity index (χ1) is 13.1. The van der Waals surface area contributed by atoms with E-state index in [1.165, 1.54) is 5.56 Å². The molecule has 0 bridgehead atoms. The van der Waals surface area contributed by atoms with Crippen molar-refractivity contribution in [1.29, 1.82) is 0 Å². The molecule has 154 valence electrons. The van der Waals surface area contributed by atoms with Crippen LogP contribution in [0.4, 0.5) is 18.9 Å². The first-order valence-corrected chi connectivity index (χ1v) is 9.77. The van der Waals surface area contributed by atoms with E-state index in [1.54, 1.807) is 0 Å². The maximum absolute atomic E-state index is 12.8. The molecule has 1 aromatic heterocycles. The molecule has 0 spiro atoms. The molecule has 2 N–H and O–H groups in total. The van der Waals surface area contributed by atoms with Gasteiger partial charge in [-0.1, -0.05) is 31.0 Å². The lowest BCUT2D eigenvalue weighted by Crippen LogP contribution is -2.53. The second kappa shape index (κ2) is 7.78. The Kier molecular flexibility index (Phi) is 5.75. The lowest BCUT2D eigenvalue weighted by molar-refractivity contribution is -0.141. The first-order valence-electron chi connectivity index (χ1n) is 9.77. The molecule has 1 aliphatic carbocycles. The molecule has 3 rings (SSSR count). The number of alkyl halides is 3. The van der Waals surface area contributed by atoms with Crippen LogP contribution < -0.4 is 10.6 Å². The molecule has 28 heavy (non-hydrogen) atoms. The van der Waals surface area contributed by atoms with E-state index in [-0.39, 0.29) is 12.4 Å². The van der Waals surface area contributed by atoms with Crippen LogP contribution in [-0.2, 0) is 12.7 Å². The fourth-order valence-corrected chi connectivity index (χ4v) is 3.97. The monoisotopic (exact) mass is 395 g/mol. The van der Waals surface area contributed by atoms with Crippen molar-refractivity contribution < 1.29 is 17.6 Å². The van der Waals surface area contributed by atoms with Gasteiger partial charge in [-0.15, -0.1) is 0 Å². The van der Waals surface area contributed by atoms with Crippen molar-refractivity contribution in [2.75, 3.05) is 5.32 Å². The fraction of sp³-hybridized carbons (Fsp3) is 0.571. The molecule has 1 unspecified atom stereocenters. The average Bonchev–Trinajstić information content (AvgIpc) is 3.33. The summed E-state index contributed by atoms with van der Waals surface area (Å²) in [5, 5.41) is 7.18. The maximum Gasteiger partial charge on any atom is 0.436 e. The summed E-state index contributed by atoms with van der Waals surface area (Å²) in [6.45, 7) is 8.49. The second-order valence-electron chi connectivity index (χ2n) is 7.87. The standard InChI is InChI=1S/C21H28F3N3O/c1-5-8-20(16-6-7-16,27-19-14(3)9-13(2)10-15(19)4)25-11-18-26-17(12-28-18)21(22,23)24/h9-10,12,16,25,27H,5-8,11H2,1-4H3. The molecule has 1 atom stereocenters. The molecule has 0 radical (unpaired) electrons. The Morgan fingerprint density at radius 3 is 2.29 bits per heavy atom. The van der Waals surface area contributed by atoms with Gasteiger partial charge in [0.1, 0.15) is 6.26 Å². The molecule has 1 aliphatic rings. The first kappa shape index (κ1) is 20.7. The van der Waals surface area contributed by atoms with Crippen LogP contribution in [0.5, 0.6) is 0 Å². The molecule has 4 nitrogen and oxygen atoms in total. The van der Waals surface area contributed by atoms with Crippen LogP contribution in [0.15, 0.2) is 22.8 Å². The van der Waals surface area contributed by atoms with E-state index >= 15 is 0 Å². The van der Waals surface area contributed by atoms with Crippen molar-refractivity contribution in [2.45, 2.75) is 71.8 Å². The van der Waals surface area contributed by atoms with Crippen molar-refractivity contribution >= 4 is 5.69 Å². The van der Waals surface area contributed by atoms with Gasteiger partial charge >= 0.3 is 6.18 Å². The molecular formula is C21H28F3N3O. The van der Waals surface area contributed by atoms with Crippen LogP contribution in [0, 0.1) is 26.7 Å². The Morgan fingerprint density at radius 1 is 1.14 bits per heavy atom. The molecule has 1 aromatic carbocycles. The van der Waals surface area contributed by atoms with Gasteiger partial charge in [-0.25, -0.2) is 4.98 Å².